The molecule has 38 heavy (non-hydrogen) atoms. The molecule has 2 aromatic rings. The Labute approximate surface area is 217 Å². The first kappa shape index (κ1) is 25.4. The monoisotopic (exact) mass is 518 g/mol. The molecule has 0 heterocycles. The number of likely N-dealkylation sites (N-methyl/N-ethyl adjacent to an activating group) is 1. The van der Waals surface area contributed by atoms with Gasteiger partial charge in [0.2, 0.25) is 5.78 Å². The van der Waals surface area contributed by atoms with Crippen molar-refractivity contribution in [2.75, 3.05) is 14.1 Å². The maximum Gasteiger partial charge on any atom is 0.255 e. The fraction of sp³-hybridized carbons (Fsp3) is 0.250. The highest BCUT2D eigenvalue weighted by Gasteiger charge is 2.68. The van der Waals surface area contributed by atoms with Crippen molar-refractivity contribution in [2.45, 2.75) is 17.7 Å². The normalized spacial score (nSPS) is 29.9. The molecule has 0 spiro atoms. The van der Waals surface area contributed by atoms with Gasteiger partial charge in [0.1, 0.15) is 22.8 Å². The predicted octanol–water partition coefficient (Wildman–Crippen LogP) is 0.933. The van der Waals surface area contributed by atoms with Crippen molar-refractivity contribution in [3.05, 3.63) is 82.1 Å². The van der Waals surface area contributed by atoms with Gasteiger partial charge in [-0.2, -0.15) is 0 Å². The molecule has 7 N–H and O–H groups in total. The summed E-state index contributed by atoms with van der Waals surface area (Å²) in [5.74, 6) is -8.78. The van der Waals surface area contributed by atoms with Crippen LogP contribution >= 0.6 is 0 Å². The Morgan fingerprint density at radius 1 is 1.03 bits per heavy atom. The zero-order valence-corrected chi connectivity index (χ0v) is 20.5. The van der Waals surface area contributed by atoms with Gasteiger partial charge < -0.3 is 31.3 Å². The van der Waals surface area contributed by atoms with E-state index in [0.29, 0.717) is 16.7 Å². The van der Waals surface area contributed by atoms with E-state index in [2.05, 4.69) is 0 Å². The quantitative estimate of drug-likeness (QED) is 0.322. The van der Waals surface area contributed by atoms with E-state index in [9.17, 15) is 39.9 Å². The van der Waals surface area contributed by atoms with Crippen LogP contribution in [0.5, 0.6) is 5.75 Å². The van der Waals surface area contributed by atoms with E-state index in [-0.39, 0.29) is 11.3 Å². The third-order valence-electron chi connectivity index (χ3n) is 7.65. The van der Waals surface area contributed by atoms with Crippen LogP contribution in [0.1, 0.15) is 16.7 Å². The van der Waals surface area contributed by atoms with Crippen molar-refractivity contribution >= 4 is 34.9 Å². The molecule has 1 fully saturated rings. The number of carbonyl (C=O) groups is 3. The molecule has 10 heteroatoms. The molecule has 0 aromatic heterocycles. The van der Waals surface area contributed by atoms with Crippen molar-refractivity contribution in [1.29, 1.82) is 0 Å². The summed E-state index contributed by atoms with van der Waals surface area (Å²) in [6.07, 6.45) is -0.0379. The SMILES string of the molecule is CN(C)[C@H]1C(=O)C(C(N)=O)=C(O)[C@]2(O)C(=O)C3=C(O)c4c(O)cccc4/C(=C\c4ccccc4)[C@@H]3[C@@H](O)[C@H]12. The van der Waals surface area contributed by atoms with Gasteiger partial charge in [-0.15, -0.1) is 0 Å². The standard InChI is InChI=1S/C28H26N2O8/c1-30(2)21-20-23(33)17-14(11-12-7-4-3-5-8-12)13-9-6-10-15(31)16(13)22(32)18(17)25(35)28(20,38)26(36)19(24(21)34)27(29)37/h3-11,17,20-21,23,31-33,36,38H,1-2H3,(H2,29,37)/b14-11+/t17-,20-,21+,23+,28+/m0/s1. The van der Waals surface area contributed by atoms with E-state index in [4.69, 9.17) is 5.73 Å². The summed E-state index contributed by atoms with van der Waals surface area (Å²) in [7, 11) is 2.91. The summed E-state index contributed by atoms with van der Waals surface area (Å²) in [6.45, 7) is 0. The number of nitrogens with zero attached hydrogens (tertiary/aromatic N) is 1. The fourth-order valence-electron chi connectivity index (χ4n) is 6.04. The predicted molar refractivity (Wildman–Crippen MR) is 136 cm³/mol. The number of benzene rings is 2. The van der Waals surface area contributed by atoms with Crippen LogP contribution < -0.4 is 5.73 Å². The number of phenolic OH excluding ortho intramolecular Hbond substituents is 1. The maximum atomic E-state index is 14.1. The van der Waals surface area contributed by atoms with Gasteiger partial charge in [0.15, 0.2) is 11.4 Å². The Balaban J connectivity index is 1.86. The van der Waals surface area contributed by atoms with Crippen molar-refractivity contribution in [2.24, 2.45) is 17.6 Å². The van der Waals surface area contributed by atoms with Gasteiger partial charge in [0.05, 0.1) is 29.2 Å². The molecule has 3 aliphatic carbocycles. The summed E-state index contributed by atoms with van der Waals surface area (Å²) in [5.41, 5.74) is 2.19. The molecule has 196 valence electrons. The number of fused-ring (bicyclic) bond motifs is 3. The van der Waals surface area contributed by atoms with E-state index in [1.165, 1.54) is 25.1 Å². The van der Waals surface area contributed by atoms with Crippen molar-refractivity contribution in [1.82, 2.24) is 4.90 Å². The summed E-state index contributed by atoms with van der Waals surface area (Å²) >= 11 is 0. The number of aliphatic hydroxyl groups excluding tert-OH is 3. The second-order valence-electron chi connectivity index (χ2n) is 9.92. The lowest BCUT2D eigenvalue weighted by Crippen LogP contribution is -2.70. The number of carbonyl (C=O) groups excluding carboxylic acids is 3. The number of aromatic hydroxyl groups is 1. The number of aliphatic hydroxyl groups is 4. The number of ketones is 2. The van der Waals surface area contributed by atoms with Crippen LogP contribution in [0.15, 0.2) is 65.4 Å². The van der Waals surface area contributed by atoms with Gasteiger partial charge in [0, 0.05) is 5.92 Å². The number of nitrogens with two attached hydrogens (primary N) is 1. The second-order valence-corrected chi connectivity index (χ2v) is 9.92. The molecule has 0 radical (unpaired) electrons. The molecule has 0 unspecified atom stereocenters. The Morgan fingerprint density at radius 3 is 2.29 bits per heavy atom. The van der Waals surface area contributed by atoms with Crippen LogP contribution in [-0.2, 0) is 14.4 Å². The molecule has 10 nitrogen and oxygen atoms in total. The first-order chi connectivity index (χ1) is 17.9. The largest absolute Gasteiger partial charge is 0.508 e. The lowest BCUT2D eigenvalue weighted by Gasteiger charge is -2.53. The van der Waals surface area contributed by atoms with Crippen LogP contribution in [0.4, 0.5) is 0 Å². The molecule has 1 saturated carbocycles. The molecule has 0 saturated heterocycles. The smallest absolute Gasteiger partial charge is 0.255 e. The highest BCUT2D eigenvalue weighted by atomic mass is 16.4. The van der Waals surface area contributed by atoms with Crippen molar-refractivity contribution in [3.8, 4) is 5.75 Å². The Bertz CT molecular complexity index is 1490. The van der Waals surface area contributed by atoms with E-state index in [1.54, 1.807) is 48.5 Å². The topological polar surface area (TPSA) is 182 Å². The van der Waals surface area contributed by atoms with E-state index >= 15 is 0 Å². The minimum atomic E-state index is -2.97. The Morgan fingerprint density at radius 2 is 1.68 bits per heavy atom. The molecule has 5 rings (SSSR count). The third kappa shape index (κ3) is 3.27. The molecular weight excluding hydrogens is 492 g/mol. The highest BCUT2D eigenvalue weighted by molar-refractivity contribution is 6.25. The summed E-state index contributed by atoms with van der Waals surface area (Å²) in [6, 6.07) is 12.0. The maximum absolute atomic E-state index is 14.1. The Kier molecular flexibility index (Phi) is 5.79. The summed E-state index contributed by atoms with van der Waals surface area (Å²) in [5, 5.41) is 56.5. The second kappa shape index (κ2) is 8.66. The molecule has 1 amide bonds. The van der Waals surface area contributed by atoms with Crippen molar-refractivity contribution < 1.29 is 39.9 Å². The van der Waals surface area contributed by atoms with Gasteiger partial charge >= 0.3 is 0 Å². The Hall–Kier alpha value is -4.25. The third-order valence-corrected chi connectivity index (χ3v) is 7.65. The number of phenols is 1. The molecule has 5 atom stereocenters. The fourth-order valence-corrected chi connectivity index (χ4v) is 6.04. The lowest BCUT2D eigenvalue weighted by atomic mass is 9.55. The van der Waals surface area contributed by atoms with Gasteiger partial charge in [-0.1, -0.05) is 48.5 Å². The first-order valence-electron chi connectivity index (χ1n) is 11.8. The number of Topliss-reactive ketones (excluding diaryl/α,β-unsaturated/α-hetero) is 2. The van der Waals surface area contributed by atoms with E-state index in [1.807, 2.05) is 0 Å². The summed E-state index contributed by atoms with van der Waals surface area (Å²) in [4.78, 5) is 40.8. The molecule has 0 bridgehead atoms. The number of hydrogen-bond donors (Lipinski definition) is 6. The zero-order chi connectivity index (χ0) is 27.7. The van der Waals surface area contributed by atoms with Gasteiger partial charge in [-0.3, -0.25) is 19.3 Å². The average Bonchev–Trinajstić information content (AvgIpc) is 2.86. The van der Waals surface area contributed by atoms with E-state index in [0.717, 1.165) is 0 Å². The minimum Gasteiger partial charge on any atom is -0.508 e. The number of rotatable bonds is 3. The first-order valence-corrected chi connectivity index (χ1v) is 11.8. The average molecular weight is 519 g/mol. The van der Waals surface area contributed by atoms with Crippen LogP contribution in [0.2, 0.25) is 0 Å². The molecule has 3 aliphatic rings. The van der Waals surface area contributed by atoms with Gasteiger partial charge in [0.25, 0.3) is 5.91 Å². The van der Waals surface area contributed by atoms with Crippen LogP contribution in [0.3, 0.4) is 0 Å². The van der Waals surface area contributed by atoms with Gasteiger partial charge in [-0.05, 0) is 36.9 Å². The van der Waals surface area contributed by atoms with Gasteiger partial charge in [-0.25, -0.2) is 0 Å². The molecule has 2 aromatic carbocycles. The molecule has 0 aliphatic heterocycles. The van der Waals surface area contributed by atoms with E-state index < -0.39 is 69.7 Å². The minimum absolute atomic E-state index is 0.0989. The highest BCUT2D eigenvalue weighted by Crippen LogP contribution is 2.56. The number of primary amides is 1. The zero-order valence-electron chi connectivity index (χ0n) is 20.5. The van der Waals surface area contributed by atoms with Crippen LogP contribution in [0, 0.1) is 11.8 Å². The van der Waals surface area contributed by atoms with Crippen LogP contribution in [-0.4, -0.2) is 79.7 Å². The number of hydrogen-bond acceptors (Lipinski definition) is 9. The van der Waals surface area contributed by atoms with Crippen LogP contribution in [0.25, 0.3) is 17.4 Å². The summed E-state index contributed by atoms with van der Waals surface area (Å²) < 4.78 is 0. The van der Waals surface area contributed by atoms with Crippen molar-refractivity contribution in [3.63, 3.8) is 0 Å². The number of amides is 1. The molecular formula is C28H26N2O8. The lowest BCUT2D eigenvalue weighted by molar-refractivity contribution is -0.166.